The van der Waals surface area contributed by atoms with Crippen molar-refractivity contribution in [2.45, 2.75) is 13.3 Å². The van der Waals surface area contributed by atoms with Crippen molar-refractivity contribution >= 4 is 5.97 Å². The molecular weight excluding hydrogens is 154 g/mol. The maximum Gasteiger partial charge on any atom is 0.305 e. The van der Waals surface area contributed by atoms with Crippen molar-refractivity contribution in [3.05, 3.63) is 30.6 Å². The maximum atomic E-state index is 9.96. The van der Waals surface area contributed by atoms with Gasteiger partial charge in [0.05, 0.1) is 7.11 Å². The summed E-state index contributed by atoms with van der Waals surface area (Å²) in [6.07, 6.45) is 3.97. The van der Waals surface area contributed by atoms with Gasteiger partial charge in [-0.05, 0) is 12.1 Å². The number of rotatable bonds is 1. The lowest BCUT2D eigenvalue weighted by Crippen LogP contribution is -1.94. The van der Waals surface area contributed by atoms with E-state index in [2.05, 4.69) is 9.72 Å². The standard InChI is InChI=1S/C5H5N.C4H8O2/c1-2-4-6-5-3-1;1-3-4(5)6-2/h1-5H;3H2,1-2H3. The quantitative estimate of drug-likeness (QED) is 0.597. The third kappa shape index (κ3) is 6.74. The van der Waals surface area contributed by atoms with Crippen molar-refractivity contribution in [3.8, 4) is 0 Å². The minimum atomic E-state index is -0.157. The Bertz CT molecular complexity index is 166. The van der Waals surface area contributed by atoms with Crippen molar-refractivity contribution < 1.29 is 9.53 Å². The number of pyridine rings is 1. The summed E-state index contributed by atoms with van der Waals surface area (Å²) in [6.45, 7) is 1.76. The van der Waals surface area contributed by atoms with E-state index in [1.807, 2.05) is 18.2 Å². The van der Waals surface area contributed by atoms with E-state index in [0.717, 1.165) is 0 Å². The largest absolute Gasteiger partial charge is 0.469 e. The van der Waals surface area contributed by atoms with E-state index in [0.29, 0.717) is 6.42 Å². The summed E-state index contributed by atoms with van der Waals surface area (Å²) >= 11 is 0. The van der Waals surface area contributed by atoms with Crippen LogP contribution in [0.1, 0.15) is 13.3 Å². The highest BCUT2D eigenvalue weighted by Gasteiger charge is 1.87. The van der Waals surface area contributed by atoms with Crippen LogP contribution in [0, 0.1) is 0 Å². The highest BCUT2D eigenvalue weighted by molar-refractivity contribution is 5.68. The van der Waals surface area contributed by atoms with Crippen molar-refractivity contribution in [3.63, 3.8) is 0 Å². The van der Waals surface area contributed by atoms with Gasteiger partial charge < -0.3 is 4.74 Å². The first kappa shape index (κ1) is 10.6. The smallest absolute Gasteiger partial charge is 0.305 e. The molecule has 0 fully saturated rings. The van der Waals surface area contributed by atoms with Gasteiger partial charge >= 0.3 is 5.97 Å². The van der Waals surface area contributed by atoms with Crippen molar-refractivity contribution in [1.29, 1.82) is 0 Å². The fraction of sp³-hybridized carbons (Fsp3) is 0.333. The number of carbonyl (C=O) groups excluding carboxylic acids is 1. The summed E-state index contributed by atoms with van der Waals surface area (Å²) in [5.74, 6) is -0.157. The molecule has 0 spiro atoms. The zero-order chi connectivity index (χ0) is 9.23. The van der Waals surface area contributed by atoms with E-state index < -0.39 is 0 Å². The monoisotopic (exact) mass is 167 g/mol. The van der Waals surface area contributed by atoms with Crippen LogP contribution in [0.5, 0.6) is 0 Å². The highest BCUT2D eigenvalue weighted by atomic mass is 16.5. The molecule has 0 atom stereocenters. The molecule has 0 bridgehead atoms. The van der Waals surface area contributed by atoms with E-state index in [9.17, 15) is 4.79 Å². The Hall–Kier alpha value is -1.38. The first-order valence-electron chi connectivity index (χ1n) is 3.73. The number of carbonyl (C=O) groups is 1. The summed E-state index contributed by atoms with van der Waals surface area (Å²) in [7, 11) is 1.38. The Morgan fingerprint density at radius 2 is 1.92 bits per heavy atom. The number of hydrogen-bond acceptors (Lipinski definition) is 3. The Labute approximate surface area is 72.4 Å². The van der Waals surface area contributed by atoms with Crippen molar-refractivity contribution in [2.75, 3.05) is 7.11 Å². The average Bonchev–Trinajstić information content (AvgIpc) is 2.20. The SMILES string of the molecule is CCC(=O)OC.c1ccncc1. The van der Waals surface area contributed by atoms with Gasteiger partial charge in [0.15, 0.2) is 0 Å². The molecule has 0 aliphatic rings. The minimum absolute atomic E-state index is 0.157. The van der Waals surface area contributed by atoms with Crippen molar-refractivity contribution in [2.24, 2.45) is 0 Å². The molecule has 0 N–H and O–H groups in total. The lowest BCUT2D eigenvalue weighted by Gasteiger charge is -1.87. The molecule has 1 rings (SSSR count). The molecule has 66 valence electrons. The Balaban J connectivity index is 0.000000202. The molecule has 1 heterocycles. The minimum Gasteiger partial charge on any atom is -0.469 e. The Morgan fingerprint density at radius 3 is 2.00 bits per heavy atom. The van der Waals surface area contributed by atoms with Crippen LogP contribution in [0.3, 0.4) is 0 Å². The van der Waals surface area contributed by atoms with Crippen LogP contribution in [0.25, 0.3) is 0 Å². The van der Waals surface area contributed by atoms with E-state index in [1.54, 1.807) is 19.3 Å². The molecule has 0 aliphatic heterocycles. The number of nitrogens with zero attached hydrogens (tertiary/aromatic N) is 1. The second kappa shape index (κ2) is 7.72. The molecule has 3 nitrogen and oxygen atoms in total. The Kier molecular flexibility index (Phi) is 6.84. The molecule has 0 unspecified atom stereocenters. The van der Waals surface area contributed by atoms with E-state index in [1.165, 1.54) is 7.11 Å². The van der Waals surface area contributed by atoms with Crippen LogP contribution in [-0.2, 0) is 9.53 Å². The molecular formula is C9H13NO2. The number of hydrogen-bond donors (Lipinski definition) is 0. The summed E-state index contributed by atoms with van der Waals surface area (Å²) < 4.78 is 4.26. The van der Waals surface area contributed by atoms with E-state index in [4.69, 9.17) is 0 Å². The van der Waals surface area contributed by atoms with Crippen LogP contribution in [0.4, 0.5) is 0 Å². The molecule has 1 aromatic rings. The molecule has 12 heavy (non-hydrogen) atoms. The summed E-state index contributed by atoms with van der Waals surface area (Å²) in [5.41, 5.74) is 0. The van der Waals surface area contributed by atoms with Gasteiger partial charge in [0.1, 0.15) is 0 Å². The first-order chi connectivity index (χ1) is 5.81. The van der Waals surface area contributed by atoms with Gasteiger partial charge in [-0.15, -0.1) is 0 Å². The highest BCUT2D eigenvalue weighted by Crippen LogP contribution is 1.76. The van der Waals surface area contributed by atoms with Crippen LogP contribution < -0.4 is 0 Å². The van der Waals surface area contributed by atoms with Crippen LogP contribution in [0.15, 0.2) is 30.6 Å². The molecule has 0 radical (unpaired) electrons. The van der Waals surface area contributed by atoms with Gasteiger partial charge in [-0.2, -0.15) is 0 Å². The maximum absolute atomic E-state index is 9.96. The molecule has 1 aromatic heterocycles. The number of methoxy groups -OCH3 is 1. The topological polar surface area (TPSA) is 39.2 Å². The first-order valence-corrected chi connectivity index (χ1v) is 3.73. The third-order valence-electron chi connectivity index (χ3n) is 1.08. The average molecular weight is 167 g/mol. The summed E-state index contributed by atoms with van der Waals surface area (Å²) in [4.78, 5) is 13.7. The molecule has 0 saturated carbocycles. The van der Waals surface area contributed by atoms with E-state index in [-0.39, 0.29) is 5.97 Å². The second-order valence-electron chi connectivity index (χ2n) is 1.95. The normalized spacial score (nSPS) is 7.83. The van der Waals surface area contributed by atoms with Crippen molar-refractivity contribution in [1.82, 2.24) is 4.98 Å². The van der Waals surface area contributed by atoms with Gasteiger partial charge in [-0.25, -0.2) is 0 Å². The van der Waals surface area contributed by atoms with Gasteiger partial charge in [-0.3, -0.25) is 9.78 Å². The predicted molar refractivity (Wildman–Crippen MR) is 46.5 cm³/mol. The fourth-order valence-corrected chi connectivity index (χ4v) is 0.457. The zero-order valence-electron chi connectivity index (χ0n) is 7.36. The van der Waals surface area contributed by atoms with Crippen LogP contribution in [0.2, 0.25) is 0 Å². The molecule has 0 amide bonds. The zero-order valence-corrected chi connectivity index (χ0v) is 7.36. The van der Waals surface area contributed by atoms with E-state index >= 15 is 0 Å². The third-order valence-corrected chi connectivity index (χ3v) is 1.08. The number of ether oxygens (including phenoxy) is 1. The van der Waals surface area contributed by atoms with Crippen LogP contribution >= 0.6 is 0 Å². The molecule has 0 aromatic carbocycles. The summed E-state index contributed by atoms with van der Waals surface area (Å²) in [5, 5.41) is 0. The molecule has 0 aliphatic carbocycles. The summed E-state index contributed by atoms with van der Waals surface area (Å²) in [6, 6.07) is 5.72. The lowest BCUT2D eigenvalue weighted by atomic mass is 10.5. The number of aromatic nitrogens is 1. The lowest BCUT2D eigenvalue weighted by molar-refractivity contribution is -0.140. The molecule has 0 saturated heterocycles. The second-order valence-corrected chi connectivity index (χ2v) is 1.95. The molecule has 3 heteroatoms. The Morgan fingerprint density at radius 1 is 1.33 bits per heavy atom. The van der Waals surface area contributed by atoms with Gasteiger partial charge in [0.25, 0.3) is 0 Å². The van der Waals surface area contributed by atoms with Gasteiger partial charge in [0.2, 0.25) is 0 Å². The van der Waals surface area contributed by atoms with Gasteiger partial charge in [0, 0.05) is 18.8 Å². The number of esters is 1. The predicted octanol–water partition coefficient (Wildman–Crippen LogP) is 1.65. The fourth-order valence-electron chi connectivity index (χ4n) is 0.457. The van der Waals surface area contributed by atoms with Gasteiger partial charge in [-0.1, -0.05) is 13.0 Å². The van der Waals surface area contributed by atoms with Crippen LogP contribution in [-0.4, -0.2) is 18.1 Å².